The van der Waals surface area contributed by atoms with Gasteiger partial charge in [0.15, 0.2) is 0 Å². The zero-order chi connectivity index (χ0) is 22.1. The standard InChI is InChI=1S/C25H30N6O/c1-18-2-4-20(5-3-18)17-29-10-6-19(7-11-29)14-21-8-13-31-22(15-21)23(16-27-31)30-12-9-24(32)28-25(30)26/h2-5,8,13,15-16,19H,6-7,9-12,14,17H2,1H3,(H2,26,28,32). The Morgan fingerprint density at radius 2 is 1.88 bits per heavy atom. The van der Waals surface area contributed by atoms with E-state index in [4.69, 9.17) is 5.41 Å². The van der Waals surface area contributed by atoms with Gasteiger partial charge in [-0.05, 0) is 68.5 Å². The molecule has 4 heterocycles. The lowest BCUT2D eigenvalue weighted by molar-refractivity contribution is -0.119. The van der Waals surface area contributed by atoms with Gasteiger partial charge >= 0.3 is 0 Å². The molecule has 0 atom stereocenters. The van der Waals surface area contributed by atoms with Crippen LogP contribution in [0.3, 0.4) is 0 Å². The molecule has 0 aliphatic carbocycles. The van der Waals surface area contributed by atoms with Gasteiger partial charge in [0.2, 0.25) is 11.9 Å². The number of hydrogen-bond acceptors (Lipinski definition) is 4. The lowest BCUT2D eigenvalue weighted by atomic mass is 9.90. The van der Waals surface area contributed by atoms with Crippen LogP contribution >= 0.6 is 0 Å². The van der Waals surface area contributed by atoms with E-state index in [-0.39, 0.29) is 11.9 Å². The van der Waals surface area contributed by atoms with E-state index in [0.717, 1.165) is 37.3 Å². The summed E-state index contributed by atoms with van der Waals surface area (Å²) >= 11 is 0. The summed E-state index contributed by atoms with van der Waals surface area (Å²) in [5.41, 5.74) is 5.88. The molecule has 0 unspecified atom stereocenters. The number of pyridine rings is 1. The van der Waals surface area contributed by atoms with Crippen molar-refractivity contribution in [2.24, 2.45) is 5.92 Å². The van der Waals surface area contributed by atoms with Gasteiger partial charge in [0.05, 0.1) is 17.4 Å². The minimum absolute atomic E-state index is 0.0999. The molecule has 2 N–H and O–H groups in total. The van der Waals surface area contributed by atoms with E-state index >= 15 is 0 Å². The van der Waals surface area contributed by atoms with Gasteiger partial charge in [0.1, 0.15) is 0 Å². The molecule has 166 valence electrons. The number of anilines is 1. The molecular formula is C25H30N6O. The second-order valence-corrected chi connectivity index (χ2v) is 9.10. The average Bonchev–Trinajstić information content (AvgIpc) is 3.20. The summed E-state index contributed by atoms with van der Waals surface area (Å²) in [6.07, 6.45) is 7.67. The molecular weight excluding hydrogens is 400 g/mol. The number of aryl methyl sites for hydroxylation is 1. The summed E-state index contributed by atoms with van der Waals surface area (Å²) in [4.78, 5) is 16.0. The molecule has 32 heavy (non-hydrogen) atoms. The number of guanidine groups is 1. The van der Waals surface area contributed by atoms with Gasteiger partial charge in [0, 0.05) is 25.7 Å². The lowest BCUT2D eigenvalue weighted by Crippen LogP contribution is -2.50. The molecule has 1 amide bonds. The number of carbonyl (C=O) groups excluding carboxylic acids is 1. The van der Waals surface area contributed by atoms with Crippen LogP contribution in [-0.4, -0.2) is 46.0 Å². The topological polar surface area (TPSA) is 76.7 Å². The first-order valence-corrected chi connectivity index (χ1v) is 11.5. The van der Waals surface area contributed by atoms with E-state index in [1.165, 1.54) is 29.5 Å². The van der Waals surface area contributed by atoms with Crippen LogP contribution in [0.15, 0.2) is 48.8 Å². The smallest absolute Gasteiger partial charge is 0.228 e. The first-order valence-electron chi connectivity index (χ1n) is 11.5. The highest BCUT2D eigenvalue weighted by Crippen LogP contribution is 2.27. The molecule has 2 aromatic heterocycles. The molecule has 2 saturated heterocycles. The number of amides is 1. The Bertz CT molecular complexity index is 1130. The van der Waals surface area contributed by atoms with E-state index in [0.29, 0.717) is 18.9 Å². The van der Waals surface area contributed by atoms with Gasteiger partial charge < -0.3 is 4.90 Å². The minimum atomic E-state index is -0.0999. The monoisotopic (exact) mass is 430 g/mol. The third-order valence-electron chi connectivity index (χ3n) is 6.70. The highest BCUT2D eigenvalue weighted by molar-refractivity contribution is 6.08. The van der Waals surface area contributed by atoms with Crippen molar-refractivity contribution in [1.82, 2.24) is 19.8 Å². The number of aromatic nitrogens is 2. The van der Waals surface area contributed by atoms with E-state index in [1.54, 1.807) is 6.20 Å². The van der Waals surface area contributed by atoms with Crippen LogP contribution in [0.1, 0.15) is 36.0 Å². The van der Waals surface area contributed by atoms with Gasteiger partial charge in [-0.1, -0.05) is 29.8 Å². The molecule has 5 rings (SSSR count). The molecule has 0 saturated carbocycles. The Hall–Kier alpha value is -3.19. The summed E-state index contributed by atoms with van der Waals surface area (Å²) in [6, 6.07) is 13.2. The number of benzene rings is 1. The molecule has 1 aromatic carbocycles. The first kappa shape index (κ1) is 20.7. The molecule has 7 heteroatoms. The molecule has 2 aliphatic heterocycles. The third-order valence-corrected chi connectivity index (χ3v) is 6.70. The van der Waals surface area contributed by atoms with Crippen LogP contribution in [0.4, 0.5) is 5.69 Å². The Balaban J connectivity index is 1.23. The second kappa shape index (κ2) is 8.74. The second-order valence-electron chi connectivity index (χ2n) is 9.10. The van der Waals surface area contributed by atoms with Gasteiger partial charge in [-0.3, -0.25) is 20.4 Å². The number of carbonyl (C=O) groups is 1. The van der Waals surface area contributed by atoms with Crippen molar-refractivity contribution in [2.75, 3.05) is 24.5 Å². The summed E-state index contributed by atoms with van der Waals surface area (Å²) in [5, 5.41) is 15.2. The maximum absolute atomic E-state index is 11.6. The van der Waals surface area contributed by atoms with E-state index in [1.807, 2.05) is 15.6 Å². The normalized spacial score (nSPS) is 18.3. The molecule has 0 bridgehead atoms. The first-order chi connectivity index (χ1) is 15.5. The number of fused-ring (bicyclic) bond motifs is 1. The van der Waals surface area contributed by atoms with Crippen molar-refractivity contribution in [1.29, 1.82) is 5.41 Å². The lowest BCUT2D eigenvalue weighted by Gasteiger charge is -2.32. The quantitative estimate of drug-likeness (QED) is 0.651. The highest BCUT2D eigenvalue weighted by atomic mass is 16.2. The Morgan fingerprint density at radius 3 is 2.62 bits per heavy atom. The third kappa shape index (κ3) is 4.39. The van der Waals surface area contributed by atoms with Crippen LogP contribution in [-0.2, 0) is 17.8 Å². The SMILES string of the molecule is Cc1ccc(CN2CCC(Cc3ccn4ncc(N5CCC(=O)NC5=N)c4c3)CC2)cc1. The average molecular weight is 431 g/mol. The fourth-order valence-electron chi connectivity index (χ4n) is 4.81. The maximum Gasteiger partial charge on any atom is 0.228 e. The molecule has 7 nitrogen and oxygen atoms in total. The molecule has 2 fully saturated rings. The van der Waals surface area contributed by atoms with E-state index in [2.05, 4.69) is 58.6 Å². The van der Waals surface area contributed by atoms with E-state index in [9.17, 15) is 4.79 Å². The van der Waals surface area contributed by atoms with Crippen LogP contribution in [0.5, 0.6) is 0 Å². The predicted octanol–water partition coefficient (Wildman–Crippen LogP) is 3.36. The van der Waals surface area contributed by atoms with Crippen molar-refractivity contribution in [3.05, 3.63) is 65.5 Å². The number of hydrogen-bond donors (Lipinski definition) is 2. The van der Waals surface area contributed by atoms with Gasteiger partial charge in [-0.25, -0.2) is 4.52 Å². The van der Waals surface area contributed by atoms with E-state index < -0.39 is 0 Å². The Morgan fingerprint density at radius 1 is 1.09 bits per heavy atom. The zero-order valence-electron chi connectivity index (χ0n) is 18.6. The Kier molecular flexibility index (Phi) is 5.66. The summed E-state index contributed by atoms with van der Waals surface area (Å²) < 4.78 is 1.85. The van der Waals surface area contributed by atoms with Crippen LogP contribution in [0.2, 0.25) is 0 Å². The summed E-state index contributed by atoms with van der Waals surface area (Å²) in [6.45, 7) is 5.97. The number of piperidine rings is 1. The largest absolute Gasteiger partial charge is 0.309 e. The maximum atomic E-state index is 11.6. The summed E-state index contributed by atoms with van der Waals surface area (Å²) in [5.74, 6) is 0.713. The number of nitrogens with zero attached hydrogens (tertiary/aromatic N) is 4. The van der Waals surface area contributed by atoms with Gasteiger partial charge in [0.25, 0.3) is 0 Å². The fourth-order valence-corrected chi connectivity index (χ4v) is 4.81. The van der Waals surface area contributed by atoms with Crippen LogP contribution in [0.25, 0.3) is 5.52 Å². The summed E-state index contributed by atoms with van der Waals surface area (Å²) in [7, 11) is 0. The highest BCUT2D eigenvalue weighted by Gasteiger charge is 2.24. The van der Waals surface area contributed by atoms with Gasteiger partial charge in [-0.15, -0.1) is 0 Å². The molecule has 3 aromatic rings. The molecule has 0 radical (unpaired) electrons. The van der Waals surface area contributed by atoms with Crippen molar-refractivity contribution < 1.29 is 4.79 Å². The van der Waals surface area contributed by atoms with Crippen molar-refractivity contribution in [3.63, 3.8) is 0 Å². The number of likely N-dealkylation sites (tertiary alicyclic amines) is 1. The van der Waals surface area contributed by atoms with Gasteiger partial charge in [-0.2, -0.15) is 5.10 Å². The molecule has 0 spiro atoms. The van der Waals surface area contributed by atoms with Crippen LogP contribution in [0, 0.1) is 18.3 Å². The fraction of sp³-hybridized carbons (Fsp3) is 0.400. The van der Waals surface area contributed by atoms with Crippen LogP contribution < -0.4 is 10.2 Å². The van der Waals surface area contributed by atoms with Crippen molar-refractivity contribution in [3.8, 4) is 0 Å². The predicted molar refractivity (Wildman–Crippen MR) is 126 cm³/mol. The number of nitrogens with one attached hydrogen (secondary N) is 2. The molecule has 2 aliphatic rings. The number of rotatable bonds is 5. The Labute approximate surface area is 188 Å². The van der Waals surface area contributed by atoms with Crippen molar-refractivity contribution in [2.45, 2.75) is 39.2 Å². The van der Waals surface area contributed by atoms with Crippen molar-refractivity contribution >= 4 is 23.1 Å². The minimum Gasteiger partial charge on any atom is -0.309 e. The zero-order valence-corrected chi connectivity index (χ0v) is 18.6.